The predicted molar refractivity (Wildman–Crippen MR) is 89.9 cm³/mol. The molecule has 23 heavy (non-hydrogen) atoms. The summed E-state index contributed by atoms with van der Waals surface area (Å²) in [6.45, 7) is 3.11. The van der Waals surface area contributed by atoms with Gasteiger partial charge in [-0.2, -0.15) is 0 Å². The van der Waals surface area contributed by atoms with Gasteiger partial charge in [0.2, 0.25) is 5.01 Å². The Hall–Kier alpha value is -2.32. The van der Waals surface area contributed by atoms with E-state index in [9.17, 15) is 9.59 Å². The van der Waals surface area contributed by atoms with Crippen molar-refractivity contribution >= 4 is 28.8 Å². The highest BCUT2D eigenvalue weighted by atomic mass is 32.1. The number of hydrogen-bond acceptors (Lipinski definition) is 6. The molecular weight excluding hydrogens is 314 g/mol. The van der Waals surface area contributed by atoms with Crippen LogP contribution in [-0.4, -0.2) is 54.1 Å². The van der Waals surface area contributed by atoms with Gasteiger partial charge in [0, 0.05) is 24.3 Å². The Morgan fingerprint density at radius 2 is 2.00 bits per heavy atom. The highest BCUT2D eigenvalue weighted by Gasteiger charge is 2.12. The van der Waals surface area contributed by atoms with Crippen LogP contribution in [-0.2, 0) is 0 Å². The minimum atomic E-state index is -0.333. The van der Waals surface area contributed by atoms with Gasteiger partial charge in [-0.3, -0.25) is 9.59 Å². The summed E-state index contributed by atoms with van der Waals surface area (Å²) in [5, 5.41) is 14.2. The maximum Gasteiger partial charge on any atom is 0.286 e. The van der Waals surface area contributed by atoms with E-state index in [0.717, 1.165) is 11.6 Å². The van der Waals surface area contributed by atoms with Crippen LogP contribution < -0.4 is 10.6 Å². The quantitative estimate of drug-likeness (QED) is 0.834. The second-order valence-electron chi connectivity index (χ2n) is 5.22. The number of likely N-dealkylation sites (N-methyl/N-ethyl adjacent to an activating group) is 1. The molecule has 1 aromatic heterocycles. The van der Waals surface area contributed by atoms with E-state index >= 15 is 0 Å². The number of carbonyl (C=O) groups is 2. The molecule has 2 aromatic rings. The Bertz CT molecular complexity index is 699. The minimum Gasteiger partial charge on any atom is -0.351 e. The van der Waals surface area contributed by atoms with Gasteiger partial charge in [0.25, 0.3) is 11.8 Å². The van der Waals surface area contributed by atoms with Crippen LogP contribution in [0.15, 0.2) is 24.3 Å². The molecule has 0 bridgehead atoms. The Morgan fingerprint density at radius 1 is 1.22 bits per heavy atom. The lowest BCUT2D eigenvalue weighted by Gasteiger charge is -2.11. The third-order valence-electron chi connectivity index (χ3n) is 2.95. The minimum absolute atomic E-state index is 0.172. The number of anilines is 1. The maximum absolute atomic E-state index is 12.1. The maximum atomic E-state index is 12.1. The van der Waals surface area contributed by atoms with E-state index in [2.05, 4.69) is 20.8 Å². The highest BCUT2D eigenvalue weighted by Crippen LogP contribution is 2.14. The summed E-state index contributed by atoms with van der Waals surface area (Å²) in [5.74, 6) is -0.504. The van der Waals surface area contributed by atoms with Gasteiger partial charge in [0.15, 0.2) is 0 Å². The SMILES string of the molecule is Cc1nnc(C(=O)Nc2cccc(C(=O)NCCN(C)C)c2)s1. The zero-order valence-electron chi connectivity index (χ0n) is 13.3. The van der Waals surface area contributed by atoms with Crippen LogP contribution >= 0.6 is 11.3 Å². The van der Waals surface area contributed by atoms with E-state index in [1.165, 1.54) is 11.3 Å². The zero-order chi connectivity index (χ0) is 16.8. The molecule has 0 fully saturated rings. The van der Waals surface area contributed by atoms with Crippen LogP contribution in [0, 0.1) is 6.92 Å². The summed E-state index contributed by atoms with van der Waals surface area (Å²) in [6, 6.07) is 6.79. The molecule has 122 valence electrons. The first-order valence-electron chi connectivity index (χ1n) is 7.10. The molecule has 0 aliphatic heterocycles. The van der Waals surface area contributed by atoms with Gasteiger partial charge < -0.3 is 15.5 Å². The predicted octanol–water partition coefficient (Wildman–Crippen LogP) is 1.39. The van der Waals surface area contributed by atoms with Crippen molar-refractivity contribution in [3.05, 3.63) is 39.8 Å². The van der Waals surface area contributed by atoms with Crippen molar-refractivity contribution in [2.24, 2.45) is 0 Å². The molecule has 2 amide bonds. The lowest BCUT2D eigenvalue weighted by atomic mass is 10.2. The van der Waals surface area contributed by atoms with Crippen LogP contribution in [0.25, 0.3) is 0 Å². The van der Waals surface area contributed by atoms with E-state index in [0.29, 0.717) is 22.8 Å². The standard InChI is InChI=1S/C15H19N5O2S/c1-10-18-19-15(23-10)14(22)17-12-6-4-5-11(9-12)13(21)16-7-8-20(2)3/h4-6,9H,7-8H2,1-3H3,(H,16,21)(H,17,22). The molecule has 0 spiro atoms. The monoisotopic (exact) mass is 333 g/mol. The molecule has 8 heteroatoms. The molecule has 0 unspecified atom stereocenters. The smallest absolute Gasteiger partial charge is 0.286 e. The summed E-state index contributed by atoms with van der Waals surface area (Å²) in [4.78, 5) is 26.1. The zero-order valence-corrected chi connectivity index (χ0v) is 14.1. The molecule has 0 atom stereocenters. The fourth-order valence-electron chi connectivity index (χ4n) is 1.81. The largest absolute Gasteiger partial charge is 0.351 e. The third kappa shape index (κ3) is 5.11. The fourth-order valence-corrected chi connectivity index (χ4v) is 2.39. The van der Waals surface area contributed by atoms with E-state index in [1.807, 2.05) is 19.0 Å². The van der Waals surface area contributed by atoms with Gasteiger partial charge in [-0.05, 0) is 39.2 Å². The first-order valence-corrected chi connectivity index (χ1v) is 7.92. The number of nitrogens with zero attached hydrogens (tertiary/aromatic N) is 3. The molecular formula is C15H19N5O2S. The second-order valence-corrected chi connectivity index (χ2v) is 6.40. The molecule has 0 aliphatic carbocycles. The molecule has 2 rings (SSSR count). The Morgan fingerprint density at radius 3 is 2.65 bits per heavy atom. The van der Waals surface area contributed by atoms with Crippen molar-refractivity contribution in [1.29, 1.82) is 0 Å². The lowest BCUT2D eigenvalue weighted by molar-refractivity contribution is 0.0949. The van der Waals surface area contributed by atoms with E-state index in [-0.39, 0.29) is 11.8 Å². The van der Waals surface area contributed by atoms with Crippen molar-refractivity contribution in [2.75, 3.05) is 32.5 Å². The van der Waals surface area contributed by atoms with Crippen LogP contribution in [0.2, 0.25) is 0 Å². The number of aryl methyl sites for hydroxylation is 1. The normalized spacial score (nSPS) is 10.6. The van der Waals surface area contributed by atoms with Crippen LogP contribution in [0.4, 0.5) is 5.69 Å². The third-order valence-corrected chi connectivity index (χ3v) is 3.78. The summed E-state index contributed by atoms with van der Waals surface area (Å²) < 4.78 is 0. The van der Waals surface area contributed by atoms with Gasteiger partial charge in [-0.15, -0.1) is 10.2 Å². The average molecular weight is 333 g/mol. The average Bonchev–Trinajstić information content (AvgIpc) is 2.94. The number of amides is 2. The molecule has 0 saturated heterocycles. The number of benzene rings is 1. The molecule has 2 N–H and O–H groups in total. The summed E-state index contributed by atoms with van der Waals surface area (Å²) in [7, 11) is 3.88. The van der Waals surface area contributed by atoms with Crippen LogP contribution in [0.5, 0.6) is 0 Å². The van der Waals surface area contributed by atoms with Crippen molar-refractivity contribution in [3.63, 3.8) is 0 Å². The fraction of sp³-hybridized carbons (Fsp3) is 0.333. The lowest BCUT2D eigenvalue weighted by Crippen LogP contribution is -2.31. The Labute approximate surface area is 138 Å². The van der Waals surface area contributed by atoms with Crippen molar-refractivity contribution in [3.8, 4) is 0 Å². The molecule has 7 nitrogen and oxygen atoms in total. The molecule has 1 heterocycles. The first-order chi connectivity index (χ1) is 11.0. The van der Waals surface area contributed by atoms with Gasteiger partial charge >= 0.3 is 0 Å². The van der Waals surface area contributed by atoms with Gasteiger partial charge in [-0.25, -0.2) is 0 Å². The molecule has 0 saturated carbocycles. The van der Waals surface area contributed by atoms with Gasteiger partial charge in [0.05, 0.1) is 0 Å². The summed E-state index contributed by atoms with van der Waals surface area (Å²) in [6.07, 6.45) is 0. The summed E-state index contributed by atoms with van der Waals surface area (Å²) >= 11 is 1.22. The number of aromatic nitrogens is 2. The van der Waals surface area contributed by atoms with Crippen molar-refractivity contribution in [1.82, 2.24) is 20.4 Å². The molecule has 1 aromatic carbocycles. The van der Waals surface area contributed by atoms with E-state index < -0.39 is 0 Å². The Balaban J connectivity index is 1.99. The second kappa shape index (κ2) is 7.80. The number of nitrogens with one attached hydrogen (secondary N) is 2. The van der Waals surface area contributed by atoms with E-state index in [1.54, 1.807) is 31.2 Å². The van der Waals surface area contributed by atoms with Crippen molar-refractivity contribution in [2.45, 2.75) is 6.92 Å². The molecule has 0 radical (unpaired) electrons. The first kappa shape index (κ1) is 17.0. The van der Waals surface area contributed by atoms with Crippen molar-refractivity contribution < 1.29 is 9.59 Å². The van der Waals surface area contributed by atoms with Gasteiger partial charge in [-0.1, -0.05) is 17.4 Å². The van der Waals surface area contributed by atoms with Gasteiger partial charge in [0.1, 0.15) is 5.01 Å². The summed E-state index contributed by atoms with van der Waals surface area (Å²) in [5.41, 5.74) is 1.04. The van der Waals surface area contributed by atoms with Crippen LogP contribution in [0.1, 0.15) is 25.2 Å². The number of hydrogen-bond donors (Lipinski definition) is 2. The highest BCUT2D eigenvalue weighted by molar-refractivity contribution is 7.13. The van der Waals surface area contributed by atoms with E-state index in [4.69, 9.17) is 0 Å². The van der Waals surface area contributed by atoms with Crippen LogP contribution in [0.3, 0.4) is 0 Å². The Kier molecular flexibility index (Phi) is 5.78. The molecule has 0 aliphatic rings. The topological polar surface area (TPSA) is 87.2 Å². The number of carbonyl (C=O) groups excluding carboxylic acids is 2. The number of rotatable bonds is 6.